The van der Waals surface area contributed by atoms with Gasteiger partial charge in [0.05, 0.1) is 0 Å². The van der Waals surface area contributed by atoms with Gasteiger partial charge in [-0.25, -0.2) is 0 Å². The molecule has 0 atom stereocenters. The number of carbonyl (C=O) groups excluding carboxylic acids is 2. The van der Waals surface area contributed by atoms with Crippen molar-refractivity contribution < 1.29 is 18.8 Å². The number of nitrogens with one attached hydrogen (secondary N) is 2. The number of hydrogen-bond donors (Lipinski definition) is 2. The molecule has 0 aliphatic carbocycles. The summed E-state index contributed by atoms with van der Waals surface area (Å²) >= 11 is 0. The number of nitrogens with zero attached hydrogens (tertiary/aromatic N) is 2. The highest BCUT2D eigenvalue weighted by Crippen LogP contribution is 2.22. The van der Waals surface area contributed by atoms with E-state index in [1.807, 2.05) is 63.2 Å². The van der Waals surface area contributed by atoms with E-state index in [4.69, 9.17) is 9.26 Å². The Morgan fingerprint density at radius 1 is 0.967 bits per heavy atom. The van der Waals surface area contributed by atoms with Crippen molar-refractivity contribution in [3.8, 4) is 17.1 Å². The molecule has 2 aromatic carbocycles. The molecule has 0 fully saturated rings. The zero-order chi connectivity index (χ0) is 21.5. The van der Waals surface area contributed by atoms with Crippen molar-refractivity contribution in [2.75, 3.05) is 6.61 Å². The molecule has 30 heavy (non-hydrogen) atoms. The lowest BCUT2D eigenvalue weighted by molar-refractivity contribution is -0.130. The summed E-state index contributed by atoms with van der Waals surface area (Å²) in [6, 6.07) is 13.5. The van der Waals surface area contributed by atoms with Gasteiger partial charge in [-0.1, -0.05) is 53.2 Å². The van der Waals surface area contributed by atoms with Gasteiger partial charge in [-0.3, -0.25) is 20.4 Å². The molecule has 0 bridgehead atoms. The molecule has 0 radical (unpaired) electrons. The van der Waals surface area contributed by atoms with Crippen LogP contribution in [0.1, 0.15) is 29.0 Å². The van der Waals surface area contributed by atoms with Gasteiger partial charge >= 0.3 is 0 Å². The second-order valence-corrected chi connectivity index (χ2v) is 6.98. The summed E-state index contributed by atoms with van der Waals surface area (Å²) in [5.41, 5.74) is 8.55. The fourth-order valence-electron chi connectivity index (χ4n) is 2.80. The van der Waals surface area contributed by atoms with Crippen LogP contribution in [-0.2, 0) is 16.0 Å². The number of aryl methyl sites for hydroxylation is 4. The van der Waals surface area contributed by atoms with Gasteiger partial charge in [0.25, 0.3) is 5.91 Å². The molecular weight excluding hydrogens is 384 g/mol. The minimum absolute atomic E-state index is 0.0908. The molecule has 156 valence electrons. The second-order valence-electron chi connectivity index (χ2n) is 6.98. The molecule has 0 unspecified atom stereocenters. The zero-order valence-electron chi connectivity index (χ0n) is 17.2. The van der Waals surface area contributed by atoms with Crippen LogP contribution in [0.5, 0.6) is 5.75 Å². The summed E-state index contributed by atoms with van der Waals surface area (Å²) < 4.78 is 10.7. The zero-order valence-corrected chi connectivity index (χ0v) is 17.2. The standard InChI is InChI=1S/C22H24N4O4/c1-14-7-9-17(10-8-14)22-23-20(30-26-22)12-11-18(27)24-25-19(28)13-29-21-15(2)5-4-6-16(21)3/h4-10H,11-13H2,1-3H3,(H,24,27)(H,25,28). The number of ether oxygens (including phenoxy) is 1. The van der Waals surface area contributed by atoms with E-state index in [1.165, 1.54) is 0 Å². The first-order chi connectivity index (χ1) is 14.4. The van der Waals surface area contributed by atoms with Crippen LogP contribution in [0.15, 0.2) is 47.0 Å². The summed E-state index contributed by atoms with van der Waals surface area (Å²) in [6.45, 7) is 5.61. The van der Waals surface area contributed by atoms with Crippen LogP contribution in [-0.4, -0.2) is 28.6 Å². The molecule has 8 nitrogen and oxygen atoms in total. The monoisotopic (exact) mass is 408 g/mol. The van der Waals surface area contributed by atoms with E-state index in [1.54, 1.807) is 0 Å². The molecule has 0 spiro atoms. The van der Waals surface area contributed by atoms with Crippen molar-refractivity contribution in [3.63, 3.8) is 0 Å². The minimum atomic E-state index is -0.453. The quantitative estimate of drug-likeness (QED) is 0.582. The summed E-state index contributed by atoms with van der Waals surface area (Å²) in [5, 5.41) is 3.93. The van der Waals surface area contributed by atoms with E-state index >= 15 is 0 Å². The molecule has 0 saturated carbocycles. The van der Waals surface area contributed by atoms with Crippen LogP contribution in [0.4, 0.5) is 0 Å². The molecule has 3 rings (SSSR count). The van der Waals surface area contributed by atoms with E-state index in [0.29, 0.717) is 17.5 Å². The van der Waals surface area contributed by atoms with Crippen LogP contribution in [0.2, 0.25) is 0 Å². The predicted octanol–water partition coefficient (Wildman–Crippen LogP) is 2.82. The van der Waals surface area contributed by atoms with Crippen LogP contribution in [0.25, 0.3) is 11.4 Å². The number of hydrazine groups is 1. The highest BCUT2D eigenvalue weighted by atomic mass is 16.5. The summed E-state index contributed by atoms with van der Waals surface area (Å²) in [6.07, 6.45) is 0.354. The third-order valence-electron chi connectivity index (χ3n) is 4.44. The molecule has 0 aliphatic heterocycles. The maximum atomic E-state index is 12.0. The third-order valence-corrected chi connectivity index (χ3v) is 4.44. The van der Waals surface area contributed by atoms with Crippen molar-refractivity contribution >= 4 is 11.8 Å². The van der Waals surface area contributed by atoms with E-state index in [-0.39, 0.29) is 25.4 Å². The number of amides is 2. The third kappa shape index (κ3) is 5.66. The van der Waals surface area contributed by atoms with Crippen molar-refractivity contribution in [2.45, 2.75) is 33.6 Å². The Labute approximate surface area is 174 Å². The van der Waals surface area contributed by atoms with Crippen molar-refractivity contribution in [1.82, 2.24) is 21.0 Å². The van der Waals surface area contributed by atoms with Gasteiger partial charge in [0.2, 0.25) is 17.6 Å². The number of para-hydroxylation sites is 1. The van der Waals surface area contributed by atoms with E-state index in [2.05, 4.69) is 21.0 Å². The van der Waals surface area contributed by atoms with Gasteiger partial charge < -0.3 is 9.26 Å². The lowest BCUT2D eigenvalue weighted by atomic mass is 10.1. The molecular formula is C22H24N4O4. The Balaban J connectivity index is 1.41. The van der Waals surface area contributed by atoms with E-state index in [9.17, 15) is 9.59 Å². The molecule has 1 heterocycles. The average Bonchev–Trinajstić information content (AvgIpc) is 3.20. The van der Waals surface area contributed by atoms with Gasteiger partial charge in [-0.15, -0.1) is 0 Å². The Morgan fingerprint density at radius 2 is 1.63 bits per heavy atom. The smallest absolute Gasteiger partial charge is 0.276 e. The number of hydrogen-bond acceptors (Lipinski definition) is 6. The van der Waals surface area contributed by atoms with Gasteiger partial charge in [0.15, 0.2) is 6.61 Å². The number of benzene rings is 2. The Hall–Kier alpha value is -3.68. The first-order valence-electron chi connectivity index (χ1n) is 9.58. The lowest BCUT2D eigenvalue weighted by Gasteiger charge is -2.12. The molecule has 0 aliphatic rings. The van der Waals surface area contributed by atoms with Crippen LogP contribution < -0.4 is 15.6 Å². The molecule has 8 heteroatoms. The SMILES string of the molecule is Cc1ccc(-c2noc(CCC(=O)NNC(=O)COc3c(C)cccc3C)n2)cc1. The van der Waals surface area contributed by atoms with Crippen molar-refractivity contribution in [1.29, 1.82) is 0 Å². The fourth-order valence-corrected chi connectivity index (χ4v) is 2.80. The van der Waals surface area contributed by atoms with Crippen LogP contribution >= 0.6 is 0 Å². The maximum absolute atomic E-state index is 12.0. The van der Waals surface area contributed by atoms with Crippen molar-refractivity contribution in [2.24, 2.45) is 0 Å². The predicted molar refractivity (Wildman–Crippen MR) is 110 cm³/mol. The normalized spacial score (nSPS) is 10.5. The molecule has 0 saturated heterocycles. The number of rotatable bonds is 7. The first kappa shape index (κ1) is 21.0. The Kier molecular flexibility index (Phi) is 6.79. The topological polar surface area (TPSA) is 106 Å². The van der Waals surface area contributed by atoms with Gasteiger partial charge in [0.1, 0.15) is 5.75 Å². The molecule has 3 aromatic rings. The maximum Gasteiger partial charge on any atom is 0.276 e. The molecule has 1 aromatic heterocycles. The summed E-state index contributed by atoms with van der Waals surface area (Å²) in [4.78, 5) is 28.2. The molecule has 2 amide bonds. The summed E-state index contributed by atoms with van der Waals surface area (Å²) in [5.74, 6) is 0.670. The highest BCUT2D eigenvalue weighted by Gasteiger charge is 2.12. The fraction of sp³-hybridized carbons (Fsp3) is 0.273. The minimum Gasteiger partial charge on any atom is -0.483 e. The van der Waals surface area contributed by atoms with Crippen LogP contribution in [0, 0.1) is 20.8 Å². The lowest BCUT2D eigenvalue weighted by Crippen LogP contribution is -2.44. The van der Waals surface area contributed by atoms with Gasteiger partial charge in [0, 0.05) is 18.4 Å². The van der Waals surface area contributed by atoms with E-state index in [0.717, 1.165) is 22.3 Å². The molecule has 2 N–H and O–H groups in total. The highest BCUT2D eigenvalue weighted by molar-refractivity contribution is 5.82. The number of aromatic nitrogens is 2. The van der Waals surface area contributed by atoms with Crippen LogP contribution in [0.3, 0.4) is 0 Å². The second kappa shape index (κ2) is 9.69. The van der Waals surface area contributed by atoms with Gasteiger partial charge in [-0.05, 0) is 31.9 Å². The largest absolute Gasteiger partial charge is 0.483 e. The summed E-state index contributed by atoms with van der Waals surface area (Å²) in [7, 11) is 0. The number of carbonyl (C=O) groups is 2. The Bertz CT molecular complexity index is 1010. The van der Waals surface area contributed by atoms with E-state index < -0.39 is 5.91 Å². The first-order valence-corrected chi connectivity index (χ1v) is 9.58. The van der Waals surface area contributed by atoms with Gasteiger partial charge in [-0.2, -0.15) is 4.98 Å². The Morgan fingerprint density at radius 3 is 2.33 bits per heavy atom. The average molecular weight is 408 g/mol. The van der Waals surface area contributed by atoms with Crippen molar-refractivity contribution in [3.05, 3.63) is 65.0 Å².